The number of ether oxygens (including phenoxy) is 1. The molecule has 1 amide bonds. The molecule has 0 radical (unpaired) electrons. The zero-order chi connectivity index (χ0) is 13.1. The van der Waals surface area contributed by atoms with E-state index in [9.17, 15) is 4.79 Å². The first-order valence-electron chi connectivity index (χ1n) is 5.11. The first-order valence-corrected chi connectivity index (χ1v) is 5.93. The minimum Gasteiger partial charge on any atom is -0.484 e. The van der Waals surface area contributed by atoms with Crippen LogP contribution in [0.5, 0.6) is 5.75 Å². The molecule has 0 aliphatic rings. The van der Waals surface area contributed by atoms with Crippen LogP contribution in [0.2, 0.25) is 0 Å². The second-order valence-electron chi connectivity index (χ2n) is 3.56. The normalized spacial score (nSPS) is 11.8. The summed E-state index contributed by atoms with van der Waals surface area (Å²) in [5.74, 6) is 10.5. The summed E-state index contributed by atoms with van der Waals surface area (Å²) in [6.45, 7) is -0.117. The molecule has 2 aromatic rings. The van der Waals surface area contributed by atoms with Crippen molar-refractivity contribution in [3.63, 3.8) is 0 Å². The first-order chi connectivity index (χ1) is 8.65. The molecule has 0 saturated heterocycles. The van der Waals surface area contributed by atoms with E-state index < -0.39 is 0 Å². The van der Waals surface area contributed by atoms with Crippen molar-refractivity contribution in [1.82, 2.24) is 9.99 Å². The number of rotatable bonds is 3. The number of carbonyl (C=O) groups is 1. The van der Waals surface area contributed by atoms with Crippen molar-refractivity contribution >= 4 is 27.5 Å². The van der Waals surface area contributed by atoms with E-state index in [0.29, 0.717) is 10.6 Å². The number of aryl methyl sites for hydroxylation is 1. The fourth-order valence-corrected chi connectivity index (χ4v) is 2.49. The average molecular weight is 267 g/mol. The van der Waals surface area contributed by atoms with Crippen LogP contribution in [0.4, 0.5) is 0 Å². The van der Waals surface area contributed by atoms with E-state index >= 15 is 0 Å². The Bertz CT molecular complexity index is 645. The van der Waals surface area contributed by atoms with Gasteiger partial charge in [-0.3, -0.25) is 10.2 Å². The number of benzene rings is 1. The Kier molecular flexibility index (Phi) is 3.49. The van der Waals surface area contributed by atoms with Crippen LogP contribution in [0, 0.1) is 0 Å². The maximum Gasteiger partial charge on any atom is 0.271 e. The smallest absolute Gasteiger partial charge is 0.271 e. The lowest BCUT2D eigenvalue weighted by atomic mass is 10.3. The number of hydrazine groups is 1. The first kappa shape index (κ1) is 12.4. The SMILES string of the molecule is Cn1/c(=N\N)sc2cc(OCC(=O)NN)ccc21. The van der Waals surface area contributed by atoms with E-state index in [-0.39, 0.29) is 12.5 Å². The zero-order valence-corrected chi connectivity index (χ0v) is 10.5. The van der Waals surface area contributed by atoms with Crippen molar-refractivity contribution in [3.8, 4) is 5.75 Å². The van der Waals surface area contributed by atoms with Gasteiger partial charge in [0.1, 0.15) is 5.75 Å². The van der Waals surface area contributed by atoms with Gasteiger partial charge in [-0.05, 0) is 18.2 Å². The molecule has 0 unspecified atom stereocenters. The molecule has 2 rings (SSSR count). The lowest BCUT2D eigenvalue weighted by Gasteiger charge is -2.04. The Hall–Kier alpha value is -2.06. The van der Waals surface area contributed by atoms with Crippen LogP contribution in [0.25, 0.3) is 10.2 Å². The van der Waals surface area contributed by atoms with Gasteiger partial charge in [0.05, 0.1) is 10.2 Å². The molecule has 1 heterocycles. The van der Waals surface area contributed by atoms with Crippen LogP contribution in [-0.2, 0) is 11.8 Å². The topological polar surface area (TPSA) is 108 Å². The highest BCUT2D eigenvalue weighted by Crippen LogP contribution is 2.22. The van der Waals surface area contributed by atoms with Gasteiger partial charge in [-0.1, -0.05) is 11.3 Å². The monoisotopic (exact) mass is 267 g/mol. The average Bonchev–Trinajstić information content (AvgIpc) is 2.72. The van der Waals surface area contributed by atoms with Gasteiger partial charge in [-0.2, -0.15) is 5.10 Å². The highest BCUT2D eigenvalue weighted by Gasteiger charge is 2.05. The van der Waals surface area contributed by atoms with Crippen molar-refractivity contribution in [2.75, 3.05) is 6.61 Å². The van der Waals surface area contributed by atoms with E-state index in [2.05, 4.69) is 5.10 Å². The molecule has 1 aromatic carbocycles. The number of nitrogens with zero attached hydrogens (tertiary/aromatic N) is 2. The molecule has 0 spiro atoms. The molecule has 8 heteroatoms. The summed E-state index contributed by atoms with van der Waals surface area (Å²) >= 11 is 1.44. The molecule has 0 saturated carbocycles. The minimum atomic E-state index is -0.385. The van der Waals surface area contributed by atoms with E-state index in [1.807, 2.05) is 29.2 Å². The lowest BCUT2D eigenvalue weighted by molar-refractivity contribution is -0.123. The summed E-state index contributed by atoms with van der Waals surface area (Å²) in [6.07, 6.45) is 0. The molecule has 0 atom stereocenters. The van der Waals surface area contributed by atoms with Gasteiger partial charge in [-0.15, -0.1) is 0 Å². The maximum atomic E-state index is 11.0. The van der Waals surface area contributed by atoms with Crippen LogP contribution in [0.3, 0.4) is 0 Å². The number of aromatic nitrogens is 1. The molecular weight excluding hydrogens is 254 g/mol. The number of nitrogens with two attached hydrogens (primary N) is 2. The van der Waals surface area contributed by atoms with Crippen molar-refractivity contribution < 1.29 is 9.53 Å². The third-order valence-electron chi connectivity index (χ3n) is 2.42. The van der Waals surface area contributed by atoms with Gasteiger partial charge < -0.3 is 15.1 Å². The molecule has 0 bridgehead atoms. The van der Waals surface area contributed by atoms with Crippen LogP contribution in [0.1, 0.15) is 0 Å². The molecule has 7 nitrogen and oxygen atoms in total. The number of carbonyl (C=O) groups excluding carboxylic acids is 1. The Morgan fingerprint density at radius 1 is 1.61 bits per heavy atom. The Morgan fingerprint density at radius 3 is 3.06 bits per heavy atom. The van der Waals surface area contributed by atoms with E-state index in [1.54, 1.807) is 6.07 Å². The van der Waals surface area contributed by atoms with Gasteiger partial charge in [-0.25, -0.2) is 5.84 Å². The fraction of sp³-hybridized carbons (Fsp3) is 0.200. The van der Waals surface area contributed by atoms with Crippen LogP contribution >= 0.6 is 11.3 Å². The Morgan fingerprint density at radius 2 is 2.39 bits per heavy atom. The number of amides is 1. The molecule has 18 heavy (non-hydrogen) atoms. The van der Waals surface area contributed by atoms with Crippen molar-refractivity contribution in [2.24, 2.45) is 23.8 Å². The highest BCUT2D eigenvalue weighted by molar-refractivity contribution is 7.16. The number of hydrogen-bond acceptors (Lipinski definition) is 6. The summed E-state index contributed by atoms with van der Waals surface area (Å²) in [5, 5.41) is 3.68. The van der Waals surface area contributed by atoms with Gasteiger partial charge in [0, 0.05) is 7.05 Å². The Balaban J connectivity index is 2.30. The van der Waals surface area contributed by atoms with Gasteiger partial charge in [0.15, 0.2) is 6.61 Å². The molecule has 0 fully saturated rings. The predicted octanol–water partition coefficient (Wildman–Crippen LogP) is -0.617. The summed E-state index contributed by atoms with van der Waals surface area (Å²) in [7, 11) is 1.88. The van der Waals surface area contributed by atoms with E-state index in [4.69, 9.17) is 16.4 Å². The fourth-order valence-electron chi connectivity index (χ4n) is 1.52. The maximum absolute atomic E-state index is 11.0. The summed E-state index contributed by atoms with van der Waals surface area (Å²) in [6, 6.07) is 5.49. The van der Waals surface area contributed by atoms with Crippen molar-refractivity contribution in [3.05, 3.63) is 23.0 Å². The molecule has 0 aliphatic heterocycles. The lowest BCUT2D eigenvalue weighted by Crippen LogP contribution is -2.34. The van der Waals surface area contributed by atoms with E-state index in [0.717, 1.165) is 10.2 Å². The quantitative estimate of drug-likeness (QED) is 0.391. The summed E-state index contributed by atoms with van der Waals surface area (Å²) in [5.41, 5.74) is 3.00. The van der Waals surface area contributed by atoms with Crippen LogP contribution in [0.15, 0.2) is 23.3 Å². The van der Waals surface area contributed by atoms with Crippen molar-refractivity contribution in [1.29, 1.82) is 0 Å². The zero-order valence-electron chi connectivity index (χ0n) is 9.71. The molecule has 0 aliphatic carbocycles. The second-order valence-corrected chi connectivity index (χ2v) is 4.57. The van der Waals surface area contributed by atoms with Crippen LogP contribution < -0.4 is 26.6 Å². The number of nitrogens with one attached hydrogen (secondary N) is 1. The van der Waals surface area contributed by atoms with Gasteiger partial charge in [0.25, 0.3) is 5.91 Å². The molecule has 96 valence electrons. The summed E-state index contributed by atoms with van der Waals surface area (Å²) in [4.78, 5) is 11.7. The number of hydrogen-bond donors (Lipinski definition) is 3. The van der Waals surface area contributed by atoms with Gasteiger partial charge in [0.2, 0.25) is 4.80 Å². The summed E-state index contributed by atoms with van der Waals surface area (Å²) < 4.78 is 8.16. The van der Waals surface area contributed by atoms with Crippen LogP contribution in [-0.4, -0.2) is 17.1 Å². The predicted molar refractivity (Wildman–Crippen MR) is 68.4 cm³/mol. The third kappa shape index (κ3) is 2.29. The Labute approximate surface area is 107 Å². The standard InChI is InChI=1S/C10H13N5O2S/c1-15-7-3-2-6(17-5-9(16)13-11)4-8(7)18-10(15)14-12/h2-4H,5,11-12H2,1H3,(H,13,16)/b14-10+. The van der Waals surface area contributed by atoms with E-state index in [1.165, 1.54) is 11.3 Å². The minimum absolute atomic E-state index is 0.117. The molecule has 5 N–H and O–H groups in total. The number of thiazole rings is 1. The number of fused-ring (bicyclic) bond motifs is 1. The second kappa shape index (κ2) is 5.07. The highest BCUT2D eigenvalue weighted by atomic mass is 32.1. The third-order valence-corrected chi connectivity index (χ3v) is 3.53. The van der Waals surface area contributed by atoms with Crippen molar-refractivity contribution in [2.45, 2.75) is 0 Å². The largest absolute Gasteiger partial charge is 0.484 e. The molecule has 1 aromatic heterocycles. The van der Waals surface area contributed by atoms with Gasteiger partial charge >= 0.3 is 0 Å². The molecular formula is C10H13N5O2S.